The van der Waals surface area contributed by atoms with E-state index in [-0.39, 0.29) is 11.5 Å². The third kappa shape index (κ3) is 2.46. The molecule has 118 valence electrons. The van der Waals surface area contributed by atoms with Crippen molar-refractivity contribution in [3.05, 3.63) is 69.6 Å². The zero-order chi connectivity index (χ0) is 16.8. The first-order valence-electron chi connectivity index (χ1n) is 7.37. The van der Waals surface area contributed by atoms with Gasteiger partial charge in [0, 0.05) is 20.1 Å². The summed E-state index contributed by atoms with van der Waals surface area (Å²) in [6, 6.07) is 18.9. The van der Waals surface area contributed by atoms with Crippen LogP contribution in [0, 0.1) is 0 Å². The van der Waals surface area contributed by atoms with E-state index in [0.717, 1.165) is 30.5 Å². The summed E-state index contributed by atoms with van der Waals surface area (Å²) in [5.74, 6) is 0.284. The van der Waals surface area contributed by atoms with Gasteiger partial charge in [0.2, 0.25) is 0 Å². The van der Waals surface area contributed by atoms with E-state index in [1.165, 1.54) is 0 Å². The summed E-state index contributed by atoms with van der Waals surface area (Å²) in [4.78, 5) is 0. The third-order valence-electron chi connectivity index (χ3n) is 4.17. The number of benzene rings is 4. The summed E-state index contributed by atoms with van der Waals surface area (Å²) in [6.07, 6.45) is 0. The van der Waals surface area contributed by atoms with Gasteiger partial charge in [0.05, 0.1) is 0 Å². The van der Waals surface area contributed by atoms with Crippen LogP contribution in [0.15, 0.2) is 69.6 Å². The van der Waals surface area contributed by atoms with Crippen LogP contribution in [-0.4, -0.2) is 10.2 Å². The van der Waals surface area contributed by atoms with Crippen molar-refractivity contribution in [1.82, 2.24) is 0 Å². The topological polar surface area (TPSA) is 40.5 Å². The molecule has 0 aromatic heterocycles. The molecule has 2 nitrogen and oxygen atoms in total. The number of hydrogen-bond acceptors (Lipinski definition) is 2. The normalized spacial score (nSPS) is 11.2. The summed E-state index contributed by atoms with van der Waals surface area (Å²) in [6.45, 7) is 0. The Labute approximate surface area is 155 Å². The zero-order valence-corrected chi connectivity index (χ0v) is 15.6. The SMILES string of the molecule is Oc1ccc2ccc(Br)cc2c1-c1c(O)ccc2ccc(Br)cc12. The van der Waals surface area contributed by atoms with Crippen molar-refractivity contribution in [3.8, 4) is 22.6 Å². The van der Waals surface area contributed by atoms with Crippen molar-refractivity contribution in [2.24, 2.45) is 0 Å². The quantitative estimate of drug-likeness (QED) is 0.348. The molecule has 4 aromatic carbocycles. The Hall–Kier alpha value is -2.04. The molecule has 4 aromatic rings. The largest absolute Gasteiger partial charge is 0.507 e. The molecular formula is C20H12Br2O2. The predicted molar refractivity (Wildman–Crippen MR) is 106 cm³/mol. The molecule has 24 heavy (non-hydrogen) atoms. The average Bonchev–Trinajstić information content (AvgIpc) is 2.56. The minimum absolute atomic E-state index is 0.142. The second-order valence-corrected chi connectivity index (χ2v) is 7.48. The van der Waals surface area contributed by atoms with E-state index in [2.05, 4.69) is 31.9 Å². The molecule has 2 N–H and O–H groups in total. The van der Waals surface area contributed by atoms with E-state index in [0.29, 0.717) is 11.1 Å². The Kier molecular flexibility index (Phi) is 3.74. The Balaban J connectivity index is 2.21. The number of phenolic OH excluding ortho intramolecular Hbond substituents is 2. The minimum atomic E-state index is 0.142. The van der Waals surface area contributed by atoms with Crippen LogP contribution in [0.5, 0.6) is 11.5 Å². The lowest BCUT2D eigenvalue weighted by atomic mass is 9.92. The van der Waals surface area contributed by atoms with Gasteiger partial charge in [-0.1, -0.05) is 56.1 Å². The van der Waals surface area contributed by atoms with Crippen LogP contribution >= 0.6 is 31.9 Å². The molecule has 0 fully saturated rings. The van der Waals surface area contributed by atoms with Gasteiger partial charge in [0.1, 0.15) is 11.5 Å². The molecule has 0 aliphatic rings. The standard InChI is InChI=1S/C20H12Br2O2/c21-13-5-1-11-3-7-17(23)19(15(11)9-13)20-16-10-14(22)6-2-12(16)4-8-18(20)24/h1-10,23-24H. The lowest BCUT2D eigenvalue weighted by Gasteiger charge is -2.14. The van der Waals surface area contributed by atoms with Gasteiger partial charge in [-0.25, -0.2) is 0 Å². The molecule has 0 saturated carbocycles. The lowest BCUT2D eigenvalue weighted by Crippen LogP contribution is -1.87. The molecule has 4 rings (SSSR count). The highest BCUT2D eigenvalue weighted by Crippen LogP contribution is 2.45. The summed E-state index contributed by atoms with van der Waals surface area (Å²) < 4.78 is 1.84. The van der Waals surface area contributed by atoms with Crippen molar-refractivity contribution in [1.29, 1.82) is 0 Å². The van der Waals surface area contributed by atoms with Crippen molar-refractivity contribution >= 4 is 53.4 Å². The number of hydrogen-bond donors (Lipinski definition) is 2. The second kappa shape index (κ2) is 5.80. The van der Waals surface area contributed by atoms with Crippen LogP contribution in [0.1, 0.15) is 0 Å². The van der Waals surface area contributed by atoms with E-state index in [1.807, 2.05) is 48.5 Å². The maximum Gasteiger partial charge on any atom is 0.124 e. The van der Waals surface area contributed by atoms with E-state index in [1.54, 1.807) is 12.1 Å². The highest BCUT2D eigenvalue weighted by atomic mass is 79.9. The van der Waals surface area contributed by atoms with E-state index >= 15 is 0 Å². The maximum atomic E-state index is 10.6. The van der Waals surface area contributed by atoms with Crippen LogP contribution in [-0.2, 0) is 0 Å². The van der Waals surface area contributed by atoms with Crippen molar-refractivity contribution < 1.29 is 10.2 Å². The van der Waals surface area contributed by atoms with E-state index < -0.39 is 0 Å². The molecule has 0 unspecified atom stereocenters. The Morgan fingerprint density at radius 1 is 0.542 bits per heavy atom. The van der Waals surface area contributed by atoms with Crippen LogP contribution in [0.25, 0.3) is 32.7 Å². The number of aromatic hydroxyl groups is 2. The molecular weight excluding hydrogens is 432 g/mol. The molecule has 0 aliphatic carbocycles. The van der Waals surface area contributed by atoms with Gasteiger partial charge in [-0.15, -0.1) is 0 Å². The van der Waals surface area contributed by atoms with Crippen molar-refractivity contribution in [3.63, 3.8) is 0 Å². The lowest BCUT2D eigenvalue weighted by molar-refractivity contribution is 0.470. The van der Waals surface area contributed by atoms with E-state index in [4.69, 9.17) is 0 Å². The van der Waals surface area contributed by atoms with E-state index in [9.17, 15) is 10.2 Å². The Morgan fingerprint density at radius 2 is 0.917 bits per heavy atom. The first-order chi connectivity index (χ1) is 11.5. The second-order valence-electron chi connectivity index (χ2n) is 5.65. The highest BCUT2D eigenvalue weighted by Gasteiger charge is 2.17. The summed E-state index contributed by atoms with van der Waals surface area (Å²) in [7, 11) is 0. The van der Waals surface area contributed by atoms with Gasteiger partial charge in [0.15, 0.2) is 0 Å². The van der Waals surface area contributed by atoms with Crippen LogP contribution in [0.2, 0.25) is 0 Å². The molecule has 0 aliphatic heterocycles. The number of halogens is 2. The summed E-state index contributed by atoms with van der Waals surface area (Å²) in [5.41, 5.74) is 1.27. The van der Waals surface area contributed by atoms with Crippen LogP contribution in [0.3, 0.4) is 0 Å². The maximum absolute atomic E-state index is 10.6. The van der Waals surface area contributed by atoms with Gasteiger partial charge in [-0.05, 0) is 57.9 Å². The van der Waals surface area contributed by atoms with Crippen LogP contribution in [0.4, 0.5) is 0 Å². The molecule has 0 atom stereocenters. The van der Waals surface area contributed by atoms with Crippen LogP contribution < -0.4 is 0 Å². The molecule has 0 heterocycles. The molecule has 0 spiro atoms. The van der Waals surface area contributed by atoms with Gasteiger partial charge in [-0.3, -0.25) is 0 Å². The third-order valence-corrected chi connectivity index (χ3v) is 5.16. The molecule has 0 saturated heterocycles. The number of phenols is 2. The smallest absolute Gasteiger partial charge is 0.124 e. The number of fused-ring (bicyclic) bond motifs is 2. The first-order valence-corrected chi connectivity index (χ1v) is 8.96. The minimum Gasteiger partial charge on any atom is -0.507 e. The van der Waals surface area contributed by atoms with Gasteiger partial charge in [0.25, 0.3) is 0 Å². The monoisotopic (exact) mass is 442 g/mol. The first kappa shape index (κ1) is 15.5. The average molecular weight is 444 g/mol. The molecule has 0 amide bonds. The van der Waals surface area contributed by atoms with Crippen molar-refractivity contribution in [2.75, 3.05) is 0 Å². The Bertz CT molecular complexity index is 1000. The fourth-order valence-corrected chi connectivity index (χ4v) is 3.81. The van der Waals surface area contributed by atoms with Gasteiger partial charge >= 0.3 is 0 Å². The zero-order valence-electron chi connectivity index (χ0n) is 12.4. The van der Waals surface area contributed by atoms with Gasteiger partial charge in [-0.2, -0.15) is 0 Å². The highest BCUT2D eigenvalue weighted by molar-refractivity contribution is 9.10. The molecule has 0 radical (unpaired) electrons. The summed E-state index contributed by atoms with van der Waals surface area (Å²) in [5, 5.41) is 24.9. The fourth-order valence-electron chi connectivity index (χ4n) is 3.09. The summed E-state index contributed by atoms with van der Waals surface area (Å²) >= 11 is 6.98. The molecule has 0 bridgehead atoms. The van der Waals surface area contributed by atoms with Gasteiger partial charge < -0.3 is 10.2 Å². The number of rotatable bonds is 1. The Morgan fingerprint density at radius 3 is 1.33 bits per heavy atom. The predicted octanol–water partition coefficient (Wildman–Crippen LogP) is 6.60. The van der Waals surface area contributed by atoms with Crippen molar-refractivity contribution in [2.45, 2.75) is 0 Å². The fraction of sp³-hybridized carbons (Fsp3) is 0. The molecule has 4 heteroatoms.